The second-order valence-corrected chi connectivity index (χ2v) is 5.38. The van der Waals surface area contributed by atoms with E-state index in [0.29, 0.717) is 29.8 Å². The van der Waals surface area contributed by atoms with Gasteiger partial charge in [0.1, 0.15) is 11.5 Å². The van der Waals surface area contributed by atoms with Crippen LogP contribution in [0.15, 0.2) is 18.2 Å². The third kappa shape index (κ3) is 2.78. The van der Waals surface area contributed by atoms with Crippen molar-refractivity contribution >= 4 is 5.95 Å². The van der Waals surface area contributed by atoms with E-state index in [2.05, 4.69) is 20.1 Å². The molecule has 1 atom stereocenters. The van der Waals surface area contributed by atoms with Gasteiger partial charge < -0.3 is 20.8 Å². The molecule has 1 aromatic heterocycles. The number of phenols is 2. The average Bonchev–Trinajstić information content (AvgIpc) is 2.99. The number of hydrogen-bond donors (Lipinski definition) is 4. The highest BCUT2D eigenvalue weighted by Gasteiger charge is 2.22. The summed E-state index contributed by atoms with van der Waals surface area (Å²) in [6, 6.07) is 4.31. The Hall–Kier alpha value is -2.28. The lowest BCUT2D eigenvalue weighted by molar-refractivity contribution is 0.420. The number of benzene rings is 1. The number of rotatable bonds is 3. The van der Waals surface area contributed by atoms with Crippen LogP contribution in [0.3, 0.4) is 0 Å². The van der Waals surface area contributed by atoms with Crippen molar-refractivity contribution in [3.63, 3.8) is 0 Å². The van der Waals surface area contributed by atoms with E-state index in [-0.39, 0.29) is 11.5 Å². The Morgan fingerprint density at radius 1 is 1.38 bits per heavy atom. The average molecular weight is 289 g/mol. The van der Waals surface area contributed by atoms with Crippen LogP contribution in [0.5, 0.6) is 11.5 Å². The summed E-state index contributed by atoms with van der Waals surface area (Å²) in [4.78, 5) is 6.52. The molecule has 5 N–H and O–H groups in total. The van der Waals surface area contributed by atoms with Gasteiger partial charge in [0.2, 0.25) is 5.95 Å². The molecule has 0 bridgehead atoms. The molecule has 1 aliphatic rings. The lowest BCUT2D eigenvalue weighted by atomic mass is 9.99. The number of nitrogens with two attached hydrogens (primary N) is 1. The highest BCUT2D eigenvalue weighted by atomic mass is 16.3. The van der Waals surface area contributed by atoms with Crippen LogP contribution in [0, 0.1) is 5.92 Å². The molecule has 0 radical (unpaired) electrons. The van der Waals surface area contributed by atoms with Crippen molar-refractivity contribution in [3.05, 3.63) is 18.2 Å². The van der Waals surface area contributed by atoms with E-state index >= 15 is 0 Å². The van der Waals surface area contributed by atoms with Crippen LogP contribution in [0.2, 0.25) is 0 Å². The molecule has 1 unspecified atom stereocenters. The van der Waals surface area contributed by atoms with Crippen molar-refractivity contribution in [2.24, 2.45) is 11.7 Å². The zero-order valence-corrected chi connectivity index (χ0v) is 11.7. The maximum atomic E-state index is 9.86. The summed E-state index contributed by atoms with van der Waals surface area (Å²) < 4.78 is 0. The molecule has 0 amide bonds. The number of nitrogens with one attached hydrogen (secondary N) is 1. The Morgan fingerprint density at radius 3 is 3.05 bits per heavy atom. The van der Waals surface area contributed by atoms with Gasteiger partial charge in [-0.1, -0.05) is 0 Å². The van der Waals surface area contributed by atoms with Gasteiger partial charge >= 0.3 is 0 Å². The molecular formula is C14H19N5O2. The van der Waals surface area contributed by atoms with E-state index in [0.717, 1.165) is 25.9 Å². The van der Waals surface area contributed by atoms with Crippen LogP contribution < -0.4 is 10.6 Å². The van der Waals surface area contributed by atoms with Crippen molar-refractivity contribution < 1.29 is 10.2 Å². The number of aromatic hydroxyl groups is 2. The number of anilines is 1. The number of piperidine rings is 1. The van der Waals surface area contributed by atoms with Crippen molar-refractivity contribution in [3.8, 4) is 22.9 Å². The van der Waals surface area contributed by atoms with Crippen LogP contribution in [-0.4, -0.2) is 45.0 Å². The van der Waals surface area contributed by atoms with Crippen molar-refractivity contribution in [2.45, 2.75) is 12.8 Å². The minimum absolute atomic E-state index is 0.0500. The zero-order chi connectivity index (χ0) is 14.8. The predicted octanol–water partition coefficient (Wildman–Crippen LogP) is 1.06. The standard InChI is InChI=1S/C14H19N5O2/c15-7-9-2-1-5-19(8-9)14-16-13(17-18-14)11-6-10(20)3-4-12(11)21/h3-4,6,9,20-21H,1-2,5,7-8,15H2,(H,16,17,18). The van der Waals surface area contributed by atoms with Gasteiger partial charge in [-0.15, -0.1) is 5.10 Å². The number of hydrogen-bond acceptors (Lipinski definition) is 6. The van der Waals surface area contributed by atoms with Gasteiger partial charge in [0, 0.05) is 13.1 Å². The lowest BCUT2D eigenvalue weighted by Crippen LogP contribution is -2.38. The highest BCUT2D eigenvalue weighted by Crippen LogP contribution is 2.31. The third-order valence-corrected chi connectivity index (χ3v) is 3.84. The van der Waals surface area contributed by atoms with Crippen LogP contribution in [-0.2, 0) is 0 Å². The van der Waals surface area contributed by atoms with Crippen LogP contribution in [0.25, 0.3) is 11.4 Å². The zero-order valence-electron chi connectivity index (χ0n) is 11.7. The van der Waals surface area contributed by atoms with E-state index in [4.69, 9.17) is 5.73 Å². The molecule has 3 rings (SSSR count). The normalized spacial score (nSPS) is 18.9. The maximum Gasteiger partial charge on any atom is 0.245 e. The molecule has 2 heterocycles. The largest absolute Gasteiger partial charge is 0.508 e. The van der Waals surface area contributed by atoms with Gasteiger partial charge in [-0.3, -0.25) is 5.10 Å². The summed E-state index contributed by atoms with van der Waals surface area (Å²) in [6.45, 7) is 2.42. The first kappa shape index (κ1) is 13.7. The molecule has 1 aliphatic heterocycles. The Morgan fingerprint density at radius 2 is 2.24 bits per heavy atom. The molecule has 112 valence electrons. The van der Waals surface area contributed by atoms with Crippen molar-refractivity contribution in [1.82, 2.24) is 15.2 Å². The first-order valence-electron chi connectivity index (χ1n) is 7.07. The fourth-order valence-corrected chi connectivity index (χ4v) is 2.67. The molecule has 1 fully saturated rings. The van der Waals surface area contributed by atoms with E-state index < -0.39 is 0 Å². The van der Waals surface area contributed by atoms with Gasteiger partial charge in [0.05, 0.1) is 5.56 Å². The van der Waals surface area contributed by atoms with Crippen LogP contribution in [0.1, 0.15) is 12.8 Å². The minimum Gasteiger partial charge on any atom is -0.508 e. The summed E-state index contributed by atoms with van der Waals surface area (Å²) in [5.41, 5.74) is 6.17. The lowest BCUT2D eigenvalue weighted by Gasteiger charge is -2.31. The molecule has 0 aliphatic carbocycles. The third-order valence-electron chi connectivity index (χ3n) is 3.84. The fraction of sp³-hybridized carbons (Fsp3) is 0.429. The van der Waals surface area contributed by atoms with Gasteiger partial charge in [-0.05, 0) is 43.5 Å². The topological polar surface area (TPSA) is 111 Å². The van der Waals surface area contributed by atoms with Gasteiger partial charge in [-0.2, -0.15) is 4.98 Å². The van der Waals surface area contributed by atoms with E-state index in [1.165, 1.54) is 18.2 Å². The second kappa shape index (κ2) is 5.61. The molecule has 7 nitrogen and oxygen atoms in total. The second-order valence-electron chi connectivity index (χ2n) is 5.38. The van der Waals surface area contributed by atoms with Crippen molar-refractivity contribution in [2.75, 3.05) is 24.5 Å². The monoisotopic (exact) mass is 289 g/mol. The minimum atomic E-state index is 0.0500. The molecule has 1 aromatic carbocycles. The highest BCUT2D eigenvalue weighted by molar-refractivity contribution is 5.66. The van der Waals surface area contributed by atoms with E-state index in [1.54, 1.807) is 0 Å². The smallest absolute Gasteiger partial charge is 0.245 e. The van der Waals surface area contributed by atoms with E-state index in [1.807, 2.05) is 0 Å². The van der Waals surface area contributed by atoms with Gasteiger partial charge in [-0.25, -0.2) is 0 Å². The SMILES string of the molecule is NCC1CCCN(c2n[nH]c(-c3cc(O)ccc3O)n2)C1. The Labute approximate surface area is 122 Å². The van der Waals surface area contributed by atoms with Crippen LogP contribution in [0.4, 0.5) is 5.95 Å². The molecule has 21 heavy (non-hydrogen) atoms. The van der Waals surface area contributed by atoms with Gasteiger partial charge in [0.25, 0.3) is 0 Å². The Kier molecular flexibility index (Phi) is 3.66. The summed E-state index contributed by atoms with van der Waals surface area (Å²) in [7, 11) is 0. The molecule has 2 aromatic rings. The molecule has 0 spiro atoms. The molecule has 7 heteroatoms. The molecule has 0 saturated carbocycles. The van der Waals surface area contributed by atoms with E-state index in [9.17, 15) is 10.2 Å². The maximum absolute atomic E-state index is 9.86. The molecular weight excluding hydrogens is 270 g/mol. The Balaban J connectivity index is 1.84. The summed E-state index contributed by atoms with van der Waals surface area (Å²) in [5, 5.41) is 26.4. The van der Waals surface area contributed by atoms with Crippen LogP contribution >= 0.6 is 0 Å². The summed E-state index contributed by atoms with van der Waals surface area (Å²) in [5.74, 6) is 1.63. The summed E-state index contributed by atoms with van der Waals surface area (Å²) >= 11 is 0. The fourth-order valence-electron chi connectivity index (χ4n) is 2.67. The quantitative estimate of drug-likeness (QED) is 0.629. The number of aromatic nitrogens is 3. The predicted molar refractivity (Wildman–Crippen MR) is 79.1 cm³/mol. The number of nitrogens with zero attached hydrogens (tertiary/aromatic N) is 3. The summed E-state index contributed by atoms with van der Waals surface area (Å²) in [6.07, 6.45) is 2.21. The molecule has 1 saturated heterocycles. The number of H-pyrrole nitrogens is 1. The first-order chi connectivity index (χ1) is 10.2. The number of phenolic OH excluding ortho intramolecular Hbond substituents is 2. The van der Waals surface area contributed by atoms with Crippen molar-refractivity contribution in [1.29, 1.82) is 0 Å². The Bertz CT molecular complexity index is 628. The first-order valence-corrected chi connectivity index (χ1v) is 7.07. The number of aromatic amines is 1. The van der Waals surface area contributed by atoms with Gasteiger partial charge in [0.15, 0.2) is 5.82 Å².